The summed E-state index contributed by atoms with van der Waals surface area (Å²) in [6, 6.07) is 0.364. The van der Waals surface area contributed by atoms with E-state index < -0.39 is 5.54 Å². The molecule has 3 unspecified atom stereocenters. The number of carbonyl (C=O) groups excluding carboxylic acids is 4. The average molecular weight is 485 g/mol. The van der Waals surface area contributed by atoms with Gasteiger partial charge in [0.2, 0.25) is 24.3 Å². The zero-order valence-electron chi connectivity index (χ0n) is 21.7. The van der Waals surface area contributed by atoms with E-state index in [1.807, 2.05) is 6.92 Å². The van der Waals surface area contributed by atoms with Crippen LogP contribution < -0.4 is 0 Å². The Labute approximate surface area is 208 Å². The van der Waals surface area contributed by atoms with Crippen molar-refractivity contribution >= 4 is 24.3 Å². The van der Waals surface area contributed by atoms with E-state index in [9.17, 15) is 19.2 Å². The lowest BCUT2D eigenvalue weighted by Gasteiger charge is -2.48. The Kier molecular flexibility index (Phi) is 11.1. The van der Waals surface area contributed by atoms with Crippen LogP contribution in [0.1, 0.15) is 98.3 Å². The van der Waals surface area contributed by atoms with Gasteiger partial charge in [-0.3, -0.25) is 0 Å². The highest BCUT2D eigenvalue weighted by molar-refractivity contribution is 5.36. The quantitative estimate of drug-likeness (QED) is 0.370. The van der Waals surface area contributed by atoms with Gasteiger partial charge in [-0.05, 0) is 101 Å². The highest BCUT2D eigenvalue weighted by atomic mass is 16.1. The largest absolute Gasteiger partial charge is 0.235 e. The maximum absolute atomic E-state index is 10.5. The molecule has 0 heterocycles. The molecular weight excluding hydrogens is 444 g/mol. The van der Waals surface area contributed by atoms with Crippen molar-refractivity contribution in [3.8, 4) is 0 Å². The number of rotatable bonds is 6. The fourth-order valence-electron chi connectivity index (χ4n) is 6.40. The molecule has 0 amide bonds. The first kappa shape index (κ1) is 28.8. The minimum Gasteiger partial charge on any atom is -0.211 e. The molecular formula is C27H40N4O4. The van der Waals surface area contributed by atoms with E-state index in [0.717, 1.165) is 43.9 Å². The lowest BCUT2D eigenvalue weighted by Crippen LogP contribution is -2.48. The summed E-state index contributed by atoms with van der Waals surface area (Å²) < 4.78 is 0. The first-order valence-corrected chi connectivity index (χ1v) is 13.0. The molecule has 3 atom stereocenters. The van der Waals surface area contributed by atoms with Gasteiger partial charge in [0.1, 0.15) is 0 Å². The Morgan fingerprint density at radius 3 is 1.46 bits per heavy atom. The van der Waals surface area contributed by atoms with Crippen LogP contribution in [-0.4, -0.2) is 48.0 Å². The molecule has 0 N–H and O–H groups in total. The van der Waals surface area contributed by atoms with Gasteiger partial charge in [0.05, 0.1) is 23.7 Å². The molecule has 3 saturated carbocycles. The van der Waals surface area contributed by atoms with Crippen molar-refractivity contribution < 1.29 is 19.2 Å². The van der Waals surface area contributed by atoms with Crippen molar-refractivity contribution in [3.05, 3.63) is 0 Å². The van der Waals surface area contributed by atoms with Gasteiger partial charge >= 0.3 is 0 Å². The summed E-state index contributed by atoms with van der Waals surface area (Å²) in [6.07, 6.45) is 18.3. The van der Waals surface area contributed by atoms with Crippen LogP contribution in [0.25, 0.3) is 0 Å². The second-order valence-electron chi connectivity index (χ2n) is 11.6. The van der Waals surface area contributed by atoms with Crippen LogP contribution in [-0.2, 0) is 19.2 Å². The molecule has 3 aliphatic rings. The van der Waals surface area contributed by atoms with Gasteiger partial charge in [-0.1, -0.05) is 20.8 Å². The molecule has 0 aromatic heterocycles. The lowest BCUT2D eigenvalue weighted by molar-refractivity contribution is 0.0641. The summed E-state index contributed by atoms with van der Waals surface area (Å²) in [6.45, 7) is 8.24. The van der Waals surface area contributed by atoms with Gasteiger partial charge in [0, 0.05) is 0 Å². The maximum Gasteiger partial charge on any atom is 0.235 e. The summed E-state index contributed by atoms with van der Waals surface area (Å²) in [5, 5.41) is 0. The Bertz CT molecular complexity index is 843. The number of nitrogens with zero attached hydrogens (tertiary/aromatic N) is 4. The van der Waals surface area contributed by atoms with Crippen LogP contribution in [0.3, 0.4) is 0 Å². The van der Waals surface area contributed by atoms with Crippen LogP contribution in [0.15, 0.2) is 20.0 Å². The standard InChI is InChI=1S/C15H22N2O2.C12H18N2O2/c18-10-16-14-5-1-12(2-6-14)9-13-3-7-15(8-4-13)17-11-19;1-9-11(2,3)5-10(13-7-15)6-12(9,4)14-8-16/h12-15H,1-9H2;9-10H,5-6H2,1-4H3. The van der Waals surface area contributed by atoms with Crippen molar-refractivity contribution in [2.75, 3.05) is 0 Å². The van der Waals surface area contributed by atoms with Gasteiger partial charge in [-0.15, -0.1) is 0 Å². The summed E-state index contributed by atoms with van der Waals surface area (Å²) in [5.41, 5.74) is -0.479. The van der Waals surface area contributed by atoms with Crippen molar-refractivity contribution in [2.45, 2.75) is 122 Å². The third kappa shape index (κ3) is 8.60. The number of hydrogen-bond acceptors (Lipinski definition) is 8. The first-order chi connectivity index (χ1) is 16.7. The number of isocyanates is 4. The maximum atomic E-state index is 10.5. The van der Waals surface area contributed by atoms with Crippen molar-refractivity contribution in [1.82, 2.24) is 0 Å². The molecule has 0 aromatic rings. The molecule has 0 radical (unpaired) electrons. The predicted molar refractivity (Wildman–Crippen MR) is 133 cm³/mol. The average Bonchev–Trinajstić information content (AvgIpc) is 2.81. The molecule has 8 heteroatoms. The predicted octanol–water partition coefficient (Wildman–Crippen LogP) is 5.41. The topological polar surface area (TPSA) is 118 Å². The molecule has 0 aromatic carbocycles. The van der Waals surface area contributed by atoms with Crippen LogP contribution in [0, 0.1) is 23.2 Å². The third-order valence-corrected chi connectivity index (χ3v) is 8.82. The van der Waals surface area contributed by atoms with Crippen molar-refractivity contribution in [3.63, 3.8) is 0 Å². The molecule has 0 aliphatic heterocycles. The van der Waals surface area contributed by atoms with Gasteiger partial charge < -0.3 is 0 Å². The lowest BCUT2D eigenvalue weighted by atomic mass is 9.60. The van der Waals surface area contributed by atoms with E-state index in [0.29, 0.717) is 6.42 Å². The highest BCUT2D eigenvalue weighted by Gasteiger charge is 2.48. The number of hydrogen-bond donors (Lipinski definition) is 0. The fraction of sp³-hybridized carbons (Fsp3) is 0.852. The van der Waals surface area contributed by atoms with Crippen LogP contribution in [0.2, 0.25) is 0 Å². The monoisotopic (exact) mass is 484 g/mol. The molecule has 0 spiro atoms. The summed E-state index contributed by atoms with van der Waals surface area (Å²) in [5.74, 6) is 1.85. The van der Waals surface area contributed by atoms with E-state index in [2.05, 4.69) is 40.7 Å². The summed E-state index contributed by atoms with van der Waals surface area (Å²) >= 11 is 0. The third-order valence-electron chi connectivity index (χ3n) is 8.82. The van der Waals surface area contributed by atoms with E-state index in [1.54, 1.807) is 24.3 Å². The van der Waals surface area contributed by atoms with Gasteiger partial charge in [-0.25, -0.2) is 34.2 Å². The SMILES string of the molecule is CC1C(C)(C)CC(N=C=O)CC1(C)N=C=O.O=C=NC1CCC(CC2CCC(N=C=O)CC2)CC1. The van der Waals surface area contributed by atoms with E-state index >= 15 is 0 Å². The normalized spacial score (nSPS) is 35.9. The van der Waals surface area contributed by atoms with Gasteiger partial charge in [0.15, 0.2) is 0 Å². The zero-order valence-corrected chi connectivity index (χ0v) is 21.7. The van der Waals surface area contributed by atoms with Crippen LogP contribution in [0.4, 0.5) is 0 Å². The second-order valence-corrected chi connectivity index (χ2v) is 11.6. The molecule has 0 bridgehead atoms. The molecule has 3 rings (SSSR count). The van der Waals surface area contributed by atoms with Gasteiger partial charge in [0.25, 0.3) is 0 Å². The Morgan fingerprint density at radius 2 is 1.06 bits per heavy atom. The zero-order chi connectivity index (χ0) is 25.9. The second kappa shape index (κ2) is 13.6. The van der Waals surface area contributed by atoms with Crippen molar-refractivity contribution in [2.24, 2.45) is 43.1 Å². The van der Waals surface area contributed by atoms with Gasteiger partial charge in [-0.2, -0.15) is 4.99 Å². The van der Waals surface area contributed by atoms with Crippen LogP contribution >= 0.6 is 0 Å². The molecule has 8 nitrogen and oxygen atoms in total. The molecule has 192 valence electrons. The molecule has 35 heavy (non-hydrogen) atoms. The number of aliphatic imine (C=N–C) groups is 4. The van der Waals surface area contributed by atoms with E-state index in [1.165, 1.54) is 32.1 Å². The molecule has 0 saturated heterocycles. The Morgan fingerprint density at radius 1 is 0.629 bits per heavy atom. The fourth-order valence-corrected chi connectivity index (χ4v) is 6.40. The summed E-state index contributed by atoms with van der Waals surface area (Å²) in [4.78, 5) is 56.7. The van der Waals surface area contributed by atoms with E-state index in [-0.39, 0.29) is 29.5 Å². The molecule has 3 fully saturated rings. The minimum absolute atomic E-state index is 0.00162. The minimum atomic E-state index is -0.478. The smallest absolute Gasteiger partial charge is 0.211 e. The Balaban J connectivity index is 0.000000251. The summed E-state index contributed by atoms with van der Waals surface area (Å²) in [7, 11) is 0. The highest BCUT2D eigenvalue weighted by Crippen LogP contribution is 2.48. The van der Waals surface area contributed by atoms with E-state index in [4.69, 9.17) is 0 Å². The van der Waals surface area contributed by atoms with Crippen molar-refractivity contribution in [1.29, 1.82) is 0 Å². The Hall–Kier alpha value is -2.48. The molecule has 3 aliphatic carbocycles. The first-order valence-electron chi connectivity index (χ1n) is 13.0. The van der Waals surface area contributed by atoms with Crippen LogP contribution in [0.5, 0.6) is 0 Å².